The molecule has 0 amide bonds. The zero-order valence-corrected chi connectivity index (χ0v) is 9.70. The minimum Gasteiger partial charge on any atom is -0.303 e. The number of phosphoric ester groups is 1. The second kappa shape index (κ2) is 4.73. The summed E-state index contributed by atoms with van der Waals surface area (Å²) in [6, 6.07) is 0. The zero-order chi connectivity index (χ0) is 10.7. The van der Waals surface area contributed by atoms with Crippen molar-refractivity contribution in [3.63, 3.8) is 0 Å². The molecule has 14 heavy (non-hydrogen) atoms. The van der Waals surface area contributed by atoms with Crippen LogP contribution in [0, 0.1) is 0 Å². The molecule has 1 heterocycles. The number of hydrogen-bond donors (Lipinski definition) is 1. The molecule has 0 aromatic rings. The van der Waals surface area contributed by atoms with Crippen LogP contribution in [0.15, 0.2) is 0 Å². The third kappa shape index (κ3) is 3.67. The molecule has 5 nitrogen and oxygen atoms in total. The lowest BCUT2D eigenvalue weighted by Gasteiger charge is -2.28. The van der Waals surface area contributed by atoms with Crippen molar-refractivity contribution in [3.05, 3.63) is 0 Å². The highest BCUT2D eigenvalue weighted by atomic mass is 31.2. The Balaban J connectivity index is 2.35. The molecule has 0 aromatic carbocycles. The lowest BCUT2D eigenvalue weighted by Crippen LogP contribution is -2.42. The molecule has 0 radical (unpaired) electrons. The number of likely N-dealkylation sites (tertiary alicyclic amines) is 1. The van der Waals surface area contributed by atoms with E-state index in [-0.39, 0.29) is 13.3 Å². The smallest absolute Gasteiger partial charge is 0.303 e. The summed E-state index contributed by atoms with van der Waals surface area (Å²) in [6.07, 6.45) is 2.31. The van der Waals surface area contributed by atoms with Gasteiger partial charge < -0.3 is 9.38 Å². The minimum atomic E-state index is -3.80. The highest BCUT2D eigenvalue weighted by Crippen LogP contribution is 2.43. The van der Waals surface area contributed by atoms with Crippen molar-refractivity contribution in [3.8, 4) is 0 Å². The summed E-state index contributed by atoms with van der Waals surface area (Å²) in [5.74, 6) is 0. The molecule has 0 spiro atoms. The Bertz CT molecular complexity index is 227. The summed E-state index contributed by atoms with van der Waals surface area (Å²) >= 11 is 0. The Labute approximate surface area is 84.8 Å². The van der Waals surface area contributed by atoms with E-state index in [1.807, 2.05) is 7.05 Å². The van der Waals surface area contributed by atoms with Gasteiger partial charge in [0.1, 0.15) is 0 Å². The Morgan fingerprint density at radius 3 is 2.43 bits per heavy atom. The van der Waals surface area contributed by atoms with E-state index in [2.05, 4.69) is 4.52 Å². The van der Waals surface area contributed by atoms with E-state index >= 15 is 0 Å². The first kappa shape index (κ1) is 12.1. The average Bonchev–Trinajstić information content (AvgIpc) is 2.50. The number of phosphoric acid groups is 1. The highest BCUT2D eigenvalue weighted by Gasteiger charge is 2.31. The fourth-order valence-electron chi connectivity index (χ4n) is 1.64. The summed E-state index contributed by atoms with van der Waals surface area (Å²) in [5.41, 5.74) is 0. The van der Waals surface area contributed by atoms with Gasteiger partial charge in [-0.1, -0.05) is 0 Å². The molecular formula is C8H19NO4P+. The van der Waals surface area contributed by atoms with Crippen LogP contribution in [0.1, 0.15) is 19.8 Å². The lowest BCUT2D eigenvalue weighted by molar-refractivity contribution is -0.913. The summed E-state index contributed by atoms with van der Waals surface area (Å²) in [6.45, 7) is 4.13. The van der Waals surface area contributed by atoms with Gasteiger partial charge in [0.2, 0.25) is 0 Å². The fraction of sp³-hybridized carbons (Fsp3) is 1.00. The third-order valence-corrected chi connectivity index (χ3v) is 3.50. The van der Waals surface area contributed by atoms with Gasteiger partial charge in [-0.3, -0.25) is 4.52 Å². The Hall–Kier alpha value is 0.0700. The maximum Gasteiger partial charge on any atom is 0.476 e. The van der Waals surface area contributed by atoms with Crippen LogP contribution in [-0.2, 0) is 13.6 Å². The molecule has 1 saturated heterocycles. The minimum absolute atomic E-state index is 0.192. The number of hydrogen-bond acceptors (Lipinski definition) is 3. The molecule has 0 saturated carbocycles. The van der Waals surface area contributed by atoms with Crippen molar-refractivity contribution in [2.45, 2.75) is 19.8 Å². The van der Waals surface area contributed by atoms with Gasteiger partial charge >= 0.3 is 7.82 Å². The first-order valence-corrected chi connectivity index (χ1v) is 6.42. The normalized spacial score (nSPS) is 24.8. The highest BCUT2D eigenvalue weighted by molar-refractivity contribution is 7.47. The average molecular weight is 224 g/mol. The lowest BCUT2D eigenvalue weighted by atomic mass is 10.4. The molecule has 1 aliphatic rings. The number of rotatable bonds is 5. The summed E-state index contributed by atoms with van der Waals surface area (Å²) in [7, 11) is -1.78. The maximum atomic E-state index is 11.2. The Kier molecular flexibility index (Phi) is 4.10. The largest absolute Gasteiger partial charge is 0.476 e. The van der Waals surface area contributed by atoms with Gasteiger partial charge in [0, 0.05) is 12.8 Å². The molecule has 1 rings (SSSR count). The summed E-state index contributed by atoms with van der Waals surface area (Å²) in [5, 5.41) is 0. The molecule has 1 unspecified atom stereocenters. The molecule has 1 N–H and O–H groups in total. The topological polar surface area (TPSA) is 55.8 Å². The zero-order valence-electron chi connectivity index (χ0n) is 8.81. The van der Waals surface area contributed by atoms with Crippen LogP contribution in [0.5, 0.6) is 0 Å². The van der Waals surface area contributed by atoms with E-state index in [0.717, 1.165) is 25.9 Å². The Morgan fingerprint density at radius 2 is 1.93 bits per heavy atom. The number of quaternary nitrogens is 1. The van der Waals surface area contributed by atoms with Crippen LogP contribution >= 0.6 is 7.82 Å². The predicted molar refractivity (Wildman–Crippen MR) is 52.6 cm³/mol. The molecule has 1 atom stereocenters. The van der Waals surface area contributed by atoms with Gasteiger partial charge in [0.15, 0.2) is 6.73 Å². The molecule has 84 valence electrons. The van der Waals surface area contributed by atoms with E-state index < -0.39 is 7.82 Å². The van der Waals surface area contributed by atoms with Crippen LogP contribution in [-0.4, -0.2) is 42.9 Å². The first-order valence-electron chi connectivity index (χ1n) is 4.93. The van der Waals surface area contributed by atoms with Gasteiger partial charge in [0.25, 0.3) is 0 Å². The molecule has 0 aliphatic carbocycles. The third-order valence-electron chi connectivity index (χ3n) is 2.47. The SMILES string of the molecule is CCOP(=O)(O)OC[N+]1(C)CCCC1. The van der Waals surface area contributed by atoms with E-state index in [4.69, 9.17) is 4.52 Å². The fourth-order valence-corrected chi connectivity index (χ4v) is 2.47. The van der Waals surface area contributed by atoms with Crippen LogP contribution in [0.2, 0.25) is 0 Å². The van der Waals surface area contributed by atoms with Gasteiger partial charge in [0.05, 0.1) is 26.7 Å². The molecular weight excluding hydrogens is 205 g/mol. The standard InChI is InChI=1S/C8H18NO4P/c1-3-12-14(10,11)13-8-9(2)6-4-5-7-9/h3-8H2,1-2H3/p+1. The molecule has 0 aromatic heterocycles. The van der Waals surface area contributed by atoms with E-state index in [1.165, 1.54) is 0 Å². The monoisotopic (exact) mass is 224 g/mol. The van der Waals surface area contributed by atoms with E-state index in [1.54, 1.807) is 6.92 Å². The van der Waals surface area contributed by atoms with Crippen molar-refractivity contribution in [1.82, 2.24) is 0 Å². The Morgan fingerprint density at radius 1 is 1.36 bits per heavy atom. The van der Waals surface area contributed by atoms with Crippen LogP contribution in [0.4, 0.5) is 0 Å². The van der Waals surface area contributed by atoms with Crippen molar-refractivity contribution < 1.29 is 23.0 Å². The van der Waals surface area contributed by atoms with Gasteiger partial charge in [-0.25, -0.2) is 9.09 Å². The van der Waals surface area contributed by atoms with Crippen molar-refractivity contribution in [1.29, 1.82) is 0 Å². The quantitative estimate of drug-likeness (QED) is 0.565. The van der Waals surface area contributed by atoms with Crippen molar-refractivity contribution in [2.75, 3.05) is 33.5 Å². The maximum absolute atomic E-state index is 11.2. The van der Waals surface area contributed by atoms with Crippen molar-refractivity contribution >= 4 is 7.82 Å². The predicted octanol–water partition coefficient (Wildman–Crippen LogP) is 1.34. The summed E-state index contributed by atoms with van der Waals surface area (Å²) < 4.78 is 21.5. The molecule has 0 bridgehead atoms. The van der Waals surface area contributed by atoms with Crippen LogP contribution in [0.3, 0.4) is 0 Å². The molecule has 1 aliphatic heterocycles. The molecule has 1 fully saturated rings. The molecule has 6 heteroatoms. The second-order valence-corrected chi connectivity index (χ2v) is 5.37. The van der Waals surface area contributed by atoms with Gasteiger partial charge in [-0.2, -0.15) is 0 Å². The van der Waals surface area contributed by atoms with Crippen LogP contribution < -0.4 is 0 Å². The second-order valence-electron chi connectivity index (χ2n) is 3.92. The van der Waals surface area contributed by atoms with Crippen molar-refractivity contribution in [2.24, 2.45) is 0 Å². The van der Waals surface area contributed by atoms with Gasteiger partial charge in [-0.05, 0) is 6.92 Å². The van der Waals surface area contributed by atoms with Gasteiger partial charge in [-0.15, -0.1) is 0 Å². The summed E-state index contributed by atoms with van der Waals surface area (Å²) in [4.78, 5) is 9.19. The van der Waals surface area contributed by atoms with E-state index in [9.17, 15) is 9.46 Å². The first-order chi connectivity index (χ1) is 6.47. The van der Waals surface area contributed by atoms with Crippen LogP contribution in [0.25, 0.3) is 0 Å². The number of nitrogens with zero attached hydrogens (tertiary/aromatic N) is 1. The van der Waals surface area contributed by atoms with E-state index in [0.29, 0.717) is 4.48 Å².